The molecule has 0 saturated carbocycles. The number of H-pyrrole nitrogens is 1. The van der Waals surface area contributed by atoms with Crippen LogP contribution < -0.4 is 4.74 Å². The first-order valence-electron chi connectivity index (χ1n) is 8.34. The van der Waals surface area contributed by atoms with Gasteiger partial charge < -0.3 is 14.8 Å². The van der Waals surface area contributed by atoms with E-state index in [9.17, 15) is 5.11 Å². The van der Waals surface area contributed by atoms with Crippen LogP contribution in [0.5, 0.6) is 11.5 Å². The molecule has 4 heteroatoms. The molecule has 0 aliphatic heterocycles. The Morgan fingerprint density at radius 2 is 1.50 bits per heavy atom. The Kier molecular flexibility index (Phi) is 4.15. The predicted molar refractivity (Wildman–Crippen MR) is 103 cm³/mol. The molecule has 0 bridgehead atoms. The summed E-state index contributed by atoms with van der Waals surface area (Å²) in [6, 6.07) is 25.3. The van der Waals surface area contributed by atoms with Crippen molar-refractivity contribution in [1.82, 2.24) is 9.97 Å². The highest BCUT2D eigenvalue weighted by atomic mass is 16.5. The number of imidazole rings is 1. The van der Waals surface area contributed by atoms with Crippen molar-refractivity contribution in [2.45, 2.75) is 0 Å². The van der Waals surface area contributed by atoms with E-state index in [1.165, 1.54) is 0 Å². The molecule has 3 aromatic carbocycles. The van der Waals surface area contributed by atoms with Crippen LogP contribution in [0.4, 0.5) is 0 Å². The van der Waals surface area contributed by atoms with Gasteiger partial charge in [0.2, 0.25) is 0 Å². The normalized spacial score (nSPS) is 10.7. The van der Waals surface area contributed by atoms with Crippen LogP contribution in [-0.4, -0.2) is 22.2 Å². The summed E-state index contributed by atoms with van der Waals surface area (Å²) < 4.78 is 5.16. The quantitative estimate of drug-likeness (QED) is 0.541. The minimum atomic E-state index is 0.123. The third kappa shape index (κ3) is 2.93. The molecule has 0 amide bonds. The zero-order valence-corrected chi connectivity index (χ0v) is 14.3. The summed E-state index contributed by atoms with van der Waals surface area (Å²) in [4.78, 5) is 8.17. The van der Waals surface area contributed by atoms with Crippen LogP contribution in [0.1, 0.15) is 0 Å². The number of aromatic amines is 1. The number of methoxy groups -OCH3 is 1. The summed E-state index contributed by atoms with van der Waals surface area (Å²) in [5, 5.41) is 10.4. The van der Waals surface area contributed by atoms with Gasteiger partial charge in [0, 0.05) is 17.2 Å². The van der Waals surface area contributed by atoms with Crippen molar-refractivity contribution in [1.29, 1.82) is 0 Å². The first-order chi connectivity index (χ1) is 12.8. The number of nitrogens with zero attached hydrogens (tertiary/aromatic N) is 1. The van der Waals surface area contributed by atoms with E-state index in [2.05, 4.69) is 4.98 Å². The van der Waals surface area contributed by atoms with Gasteiger partial charge in [0.1, 0.15) is 17.3 Å². The molecule has 26 heavy (non-hydrogen) atoms. The second-order valence-electron chi connectivity index (χ2n) is 5.92. The van der Waals surface area contributed by atoms with E-state index in [1.807, 2.05) is 66.7 Å². The largest absolute Gasteiger partial charge is 0.507 e. The lowest BCUT2D eigenvalue weighted by atomic mass is 10.1. The van der Waals surface area contributed by atoms with Crippen molar-refractivity contribution in [3.8, 4) is 45.4 Å². The maximum Gasteiger partial charge on any atom is 0.142 e. The van der Waals surface area contributed by atoms with Gasteiger partial charge in [-0.3, -0.25) is 0 Å². The molecular weight excluding hydrogens is 324 g/mol. The molecule has 0 unspecified atom stereocenters. The Bertz CT molecular complexity index is 968. The molecule has 0 aliphatic carbocycles. The first kappa shape index (κ1) is 16.0. The van der Waals surface area contributed by atoms with Crippen molar-refractivity contribution in [3.63, 3.8) is 0 Å². The fourth-order valence-electron chi connectivity index (χ4n) is 2.96. The van der Waals surface area contributed by atoms with E-state index in [0.29, 0.717) is 17.1 Å². The monoisotopic (exact) mass is 342 g/mol. The average Bonchev–Trinajstić information content (AvgIpc) is 3.14. The molecule has 0 aliphatic rings. The lowest BCUT2D eigenvalue weighted by Gasteiger charge is -2.04. The highest BCUT2D eigenvalue weighted by molar-refractivity contribution is 5.82. The maximum atomic E-state index is 10.4. The molecule has 0 radical (unpaired) electrons. The molecule has 2 N–H and O–H groups in total. The van der Waals surface area contributed by atoms with E-state index in [1.54, 1.807) is 19.2 Å². The Morgan fingerprint density at radius 1 is 0.846 bits per heavy atom. The molecule has 1 aromatic heterocycles. The maximum absolute atomic E-state index is 10.4. The van der Waals surface area contributed by atoms with Gasteiger partial charge in [-0.05, 0) is 12.1 Å². The standard InChI is InChI=1S/C22H18N2O2/c1-26-17-12-13-18(19(25)14-17)22-23-20(15-8-4-2-5-9-15)21(24-22)16-10-6-3-7-11-16/h2-14,25H,1H3,(H,23,24). The molecule has 0 fully saturated rings. The third-order valence-corrected chi connectivity index (χ3v) is 4.27. The molecule has 4 aromatic rings. The van der Waals surface area contributed by atoms with Gasteiger partial charge in [0.25, 0.3) is 0 Å². The number of aromatic nitrogens is 2. The molecule has 0 atom stereocenters. The SMILES string of the molecule is COc1ccc(-c2nc(-c3ccccc3)c(-c3ccccc3)[nH]2)c(O)c1. The smallest absolute Gasteiger partial charge is 0.142 e. The number of ether oxygens (including phenoxy) is 1. The van der Waals surface area contributed by atoms with Crippen LogP contribution in [0.25, 0.3) is 33.9 Å². The van der Waals surface area contributed by atoms with Gasteiger partial charge in [0.05, 0.1) is 24.1 Å². The van der Waals surface area contributed by atoms with E-state index >= 15 is 0 Å². The fourth-order valence-corrected chi connectivity index (χ4v) is 2.96. The van der Waals surface area contributed by atoms with Crippen LogP contribution in [0.2, 0.25) is 0 Å². The number of rotatable bonds is 4. The molecule has 4 nitrogen and oxygen atoms in total. The van der Waals surface area contributed by atoms with Gasteiger partial charge in [-0.1, -0.05) is 60.7 Å². The first-order valence-corrected chi connectivity index (χ1v) is 8.34. The zero-order valence-electron chi connectivity index (χ0n) is 14.3. The van der Waals surface area contributed by atoms with Crippen molar-refractivity contribution in [2.75, 3.05) is 7.11 Å². The summed E-state index contributed by atoms with van der Waals surface area (Å²) in [5.41, 5.74) is 4.45. The fraction of sp³-hybridized carbons (Fsp3) is 0.0455. The highest BCUT2D eigenvalue weighted by Crippen LogP contribution is 2.36. The average molecular weight is 342 g/mol. The number of benzene rings is 3. The lowest BCUT2D eigenvalue weighted by molar-refractivity contribution is 0.408. The molecule has 0 spiro atoms. The Balaban J connectivity index is 1.89. The van der Waals surface area contributed by atoms with Crippen molar-refractivity contribution in [2.24, 2.45) is 0 Å². The van der Waals surface area contributed by atoms with E-state index in [4.69, 9.17) is 9.72 Å². The van der Waals surface area contributed by atoms with E-state index in [-0.39, 0.29) is 5.75 Å². The Morgan fingerprint density at radius 3 is 2.12 bits per heavy atom. The number of aromatic hydroxyl groups is 1. The second kappa shape index (κ2) is 6.76. The van der Waals surface area contributed by atoms with Crippen molar-refractivity contribution in [3.05, 3.63) is 78.9 Å². The topological polar surface area (TPSA) is 58.1 Å². The van der Waals surface area contributed by atoms with Gasteiger partial charge in [0.15, 0.2) is 0 Å². The van der Waals surface area contributed by atoms with Gasteiger partial charge >= 0.3 is 0 Å². The molecule has 0 saturated heterocycles. The Hall–Kier alpha value is -3.53. The lowest BCUT2D eigenvalue weighted by Crippen LogP contribution is -1.86. The van der Waals surface area contributed by atoms with E-state index < -0.39 is 0 Å². The third-order valence-electron chi connectivity index (χ3n) is 4.27. The summed E-state index contributed by atoms with van der Waals surface area (Å²) in [6.07, 6.45) is 0. The number of nitrogens with one attached hydrogen (secondary N) is 1. The summed E-state index contributed by atoms with van der Waals surface area (Å²) in [5.74, 6) is 1.34. The summed E-state index contributed by atoms with van der Waals surface area (Å²) in [7, 11) is 1.57. The summed E-state index contributed by atoms with van der Waals surface area (Å²) in [6.45, 7) is 0. The van der Waals surface area contributed by atoms with E-state index in [0.717, 1.165) is 22.5 Å². The van der Waals surface area contributed by atoms with Crippen molar-refractivity contribution >= 4 is 0 Å². The van der Waals surface area contributed by atoms with Crippen LogP contribution >= 0.6 is 0 Å². The van der Waals surface area contributed by atoms with Crippen molar-refractivity contribution < 1.29 is 9.84 Å². The molecule has 128 valence electrons. The van der Waals surface area contributed by atoms with Crippen LogP contribution in [0.3, 0.4) is 0 Å². The van der Waals surface area contributed by atoms with Crippen LogP contribution in [0, 0.1) is 0 Å². The van der Waals surface area contributed by atoms with Crippen LogP contribution in [-0.2, 0) is 0 Å². The van der Waals surface area contributed by atoms with Gasteiger partial charge in [-0.25, -0.2) is 4.98 Å². The minimum absolute atomic E-state index is 0.123. The zero-order chi connectivity index (χ0) is 17.9. The predicted octanol–water partition coefficient (Wildman–Crippen LogP) is 5.12. The highest BCUT2D eigenvalue weighted by Gasteiger charge is 2.17. The van der Waals surface area contributed by atoms with Crippen LogP contribution in [0.15, 0.2) is 78.9 Å². The minimum Gasteiger partial charge on any atom is -0.507 e. The number of phenols is 1. The molecule has 4 rings (SSSR count). The Labute approximate surface area is 151 Å². The molecular formula is C22H18N2O2. The van der Waals surface area contributed by atoms with Gasteiger partial charge in [-0.2, -0.15) is 0 Å². The number of phenolic OH excluding ortho intramolecular Hbond substituents is 1. The number of hydrogen-bond donors (Lipinski definition) is 2. The number of hydrogen-bond acceptors (Lipinski definition) is 3. The molecule has 1 heterocycles. The summed E-state index contributed by atoms with van der Waals surface area (Å²) >= 11 is 0. The van der Waals surface area contributed by atoms with Gasteiger partial charge in [-0.15, -0.1) is 0 Å². The second-order valence-corrected chi connectivity index (χ2v) is 5.92.